The smallest absolute Gasteiger partial charge is 0.200 e. The monoisotopic (exact) mass is 219 g/mol. The molecule has 0 radical (unpaired) electrons. The molecule has 1 heterocycles. The van der Waals surface area contributed by atoms with Crippen LogP contribution in [-0.4, -0.2) is 17.0 Å². The summed E-state index contributed by atoms with van der Waals surface area (Å²) in [7, 11) is 1.84. The van der Waals surface area contributed by atoms with Gasteiger partial charge < -0.3 is 10.3 Å². The summed E-state index contributed by atoms with van der Waals surface area (Å²) in [6, 6.07) is 7.94. The number of fused-ring (bicyclic) bond motifs is 1. The number of aromatic nitrogens is 2. The van der Waals surface area contributed by atoms with Crippen LogP contribution in [0.5, 0.6) is 0 Å². The van der Waals surface area contributed by atoms with Crippen LogP contribution in [0.25, 0.3) is 11.0 Å². The number of H-pyrrole nitrogens is 1. The third-order valence-electron chi connectivity index (χ3n) is 1.63. The molecule has 0 fully saturated rings. The van der Waals surface area contributed by atoms with E-state index < -0.39 is 0 Å². The van der Waals surface area contributed by atoms with Crippen LogP contribution >= 0.6 is 24.8 Å². The number of hydrogen-bond donors (Lipinski definition) is 2. The second-order valence-corrected chi connectivity index (χ2v) is 2.35. The van der Waals surface area contributed by atoms with E-state index in [1.165, 1.54) is 0 Å². The Balaban J connectivity index is 0.000000720. The van der Waals surface area contributed by atoms with Gasteiger partial charge >= 0.3 is 0 Å². The van der Waals surface area contributed by atoms with Gasteiger partial charge in [0.15, 0.2) is 0 Å². The summed E-state index contributed by atoms with van der Waals surface area (Å²) >= 11 is 0. The standard InChI is InChI=1S/C8H9N3.2ClH/c1-9-8-10-6-4-2-3-5-7(6)11-8;;/h2-5H,1H3,(H2,9,10,11);2*1H. The minimum atomic E-state index is 0. The maximum atomic E-state index is 4.26. The molecule has 0 unspecified atom stereocenters. The Kier molecular flexibility index (Phi) is 4.59. The van der Waals surface area contributed by atoms with E-state index in [2.05, 4.69) is 15.3 Å². The number of nitrogens with zero attached hydrogens (tertiary/aromatic N) is 1. The molecule has 2 N–H and O–H groups in total. The van der Waals surface area contributed by atoms with Crippen LogP contribution in [-0.2, 0) is 0 Å². The van der Waals surface area contributed by atoms with E-state index in [9.17, 15) is 0 Å². The molecule has 0 saturated heterocycles. The highest BCUT2D eigenvalue weighted by molar-refractivity contribution is 5.85. The summed E-state index contributed by atoms with van der Waals surface area (Å²) in [5, 5.41) is 2.95. The van der Waals surface area contributed by atoms with Crippen molar-refractivity contribution in [2.75, 3.05) is 12.4 Å². The molecule has 13 heavy (non-hydrogen) atoms. The largest absolute Gasteiger partial charge is 0.359 e. The van der Waals surface area contributed by atoms with Gasteiger partial charge in [0.2, 0.25) is 5.95 Å². The van der Waals surface area contributed by atoms with Crippen LogP contribution in [0.1, 0.15) is 0 Å². The second-order valence-electron chi connectivity index (χ2n) is 2.35. The van der Waals surface area contributed by atoms with Gasteiger partial charge in [0.25, 0.3) is 0 Å². The Bertz CT molecular complexity index is 339. The van der Waals surface area contributed by atoms with Crippen LogP contribution < -0.4 is 5.32 Å². The number of aromatic amines is 1. The van der Waals surface area contributed by atoms with E-state index >= 15 is 0 Å². The van der Waals surface area contributed by atoms with Gasteiger partial charge in [0.1, 0.15) is 0 Å². The van der Waals surface area contributed by atoms with Gasteiger partial charge in [-0.1, -0.05) is 12.1 Å². The molecule has 5 heteroatoms. The van der Waals surface area contributed by atoms with Gasteiger partial charge in [-0.25, -0.2) is 4.98 Å². The Morgan fingerprint density at radius 3 is 2.54 bits per heavy atom. The second kappa shape index (κ2) is 4.94. The fourth-order valence-electron chi connectivity index (χ4n) is 1.07. The van der Waals surface area contributed by atoms with Crippen LogP contribution in [0.2, 0.25) is 0 Å². The van der Waals surface area contributed by atoms with Gasteiger partial charge in [-0.3, -0.25) is 0 Å². The van der Waals surface area contributed by atoms with Crippen molar-refractivity contribution in [3.8, 4) is 0 Å². The minimum Gasteiger partial charge on any atom is -0.359 e. The van der Waals surface area contributed by atoms with Crippen LogP contribution in [0.3, 0.4) is 0 Å². The van der Waals surface area contributed by atoms with E-state index in [1.54, 1.807) is 0 Å². The number of imidazole rings is 1. The first kappa shape index (κ1) is 12.1. The molecular formula is C8H11Cl2N3. The fraction of sp³-hybridized carbons (Fsp3) is 0.125. The average Bonchev–Trinajstić information content (AvgIpc) is 2.46. The number of nitrogens with one attached hydrogen (secondary N) is 2. The predicted molar refractivity (Wildman–Crippen MR) is 60.1 cm³/mol. The zero-order valence-corrected chi connectivity index (χ0v) is 8.71. The van der Waals surface area contributed by atoms with E-state index in [0.29, 0.717) is 0 Å². The molecule has 72 valence electrons. The van der Waals surface area contributed by atoms with Crippen molar-refractivity contribution in [2.45, 2.75) is 0 Å². The summed E-state index contributed by atoms with van der Waals surface area (Å²) in [4.78, 5) is 7.39. The first-order chi connectivity index (χ1) is 5.40. The molecule has 0 saturated carbocycles. The Morgan fingerprint density at radius 2 is 1.92 bits per heavy atom. The number of hydrogen-bond acceptors (Lipinski definition) is 2. The third-order valence-corrected chi connectivity index (χ3v) is 1.63. The molecule has 0 aliphatic carbocycles. The quantitative estimate of drug-likeness (QED) is 0.774. The van der Waals surface area contributed by atoms with E-state index in [0.717, 1.165) is 17.0 Å². The lowest BCUT2D eigenvalue weighted by atomic mass is 10.3. The highest BCUT2D eigenvalue weighted by atomic mass is 35.5. The van der Waals surface area contributed by atoms with Crippen molar-refractivity contribution in [2.24, 2.45) is 0 Å². The lowest BCUT2D eigenvalue weighted by Crippen LogP contribution is -1.88. The first-order valence-electron chi connectivity index (χ1n) is 3.52. The third kappa shape index (κ3) is 2.26. The molecule has 1 aromatic carbocycles. The van der Waals surface area contributed by atoms with Crippen LogP contribution in [0.15, 0.2) is 24.3 Å². The molecule has 0 aliphatic heterocycles. The molecule has 0 spiro atoms. The average molecular weight is 220 g/mol. The number of rotatable bonds is 1. The number of anilines is 1. The van der Waals surface area contributed by atoms with Crippen molar-refractivity contribution in [3.63, 3.8) is 0 Å². The lowest BCUT2D eigenvalue weighted by Gasteiger charge is -1.86. The summed E-state index contributed by atoms with van der Waals surface area (Å²) in [6.45, 7) is 0. The summed E-state index contributed by atoms with van der Waals surface area (Å²) in [5.74, 6) is 0.811. The van der Waals surface area contributed by atoms with E-state index in [-0.39, 0.29) is 24.8 Å². The molecule has 0 aliphatic rings. The predicted octanol–water partition coefficient (Wildman–Crippen LogP) is 2.45. The zero-order valence-electron chi connectivity index (χ0n) is 7.07. The Morgan fingerprint density at radius 1 is 1.23 bits per heavy atom. The molecule has 0 amide bonds. The van der Waals surface area contributed by atoms with Crippen molar-refractivity contribution >= 4 is 41.8 Å². The number of para-hydroxylation sites is 2. The van der Waals surface area contributed by atoms with Gasteiger partial charge in [0.05, 0.1) is 11.0 Å². The molecule has 2 aromatic rings. The molecule has 0 atom stereocenters. The normalized spacial score (nSPS) is 8.69. The molecule has 0 bridgehead atoms. The van der Waals surface area contributed by atoms with Crippen molar-refractivity contribution in [3.05, 3.63) is 24.3 Å². The SMILES string of the molecule is CNc1nc2ccccc2[nH]1.Cl.Cl. The zero-order chi connectivity index (χ0) is 7.68. The number of benzene rings is 1. The maximum absolute atomic E-state index is 4.26. The summed E-state index contributed by atoms with van der Waals surface area (Å²) in [5.41, 5.74) is 2.06. The fourth-order valence-corrected chi connectivity index (χ4v) is 1.07. The van der Waals surface area contributed by atoms with Gasteiger partial charge in [-0.05, 0) is 12.1 Å². The van der Waals surface area contributed by atoms with Gasteiger partial charge in [-0.2, -0.15) is 0 Å². The highest BCUT2D eigenvalue weighted by Crippen LogP contribution is 2.11. The molecular weight excluding hydrogens is 209 g/mol. The maximum Gasteiger partial charge on any atom is 0.200 e. The highest BCUT2D eigenvalue weighted by Gasteiger charge is 1.96. The first-order valence-corrected chi connectivity index (χ1v) is 3.52. The lowest BCUT2D eigenvalue weighted by molar-refractivity contribution is 1.28. The molecule has 3 nitrogen and oxygen atoms in total. The van der Waals surface area contributed by atoms with Crippen molar-refractivity contribution in [1.29, 1.82) is 0 Å². The van der Waals surface area contributed by atoms with Gasteiger partial charge in [-0.15, -0.1) is 24.8 Å². The Labute approximate surface area is 88.8 Å². The van der Waals surface area contributed by atoms with Crippen molar-refractivity contribution < 1.29 is 0 Å². The minimum absolute atomic E-state index is 0. The molecule has 2 rings (SSSR count). The van der Waals surface area contributed by atoms with E-state index in [1.807, 2.05) is 31.3 Å². The summed E-state index contributed by atoms with van der Waals surface area (Å²) < 4.78 is 0. The van der Waals surface area contributed by atoms with Crippen molar-refractivity contribution in [1.82, 2.24) is 9.97 Å². The summed E-state index contributed by atoms with van der Waals surface area (Å²) in [6.07, 6.45) is 0. The van der Waals surface area contributed by atoms with Gasteiger partial charge in [0, 0.05) is 7.05 Å². The number of halogens is 2. The van der Waals surface area contributed by atoms with Crippen LogP contribution in [0, 0.1) is 0 Å². The van der Waals surface area contributed by atoms with E-state index in [4.69, 9.17) is 0 Å². The van der Waals surface area contributed by atoms with Crippen LogP contribution in [0.4, 0.5) is 5.95 Å². The molecule has 1 aromatic heterocycles. The Hall–Kier alpha value is -0.930. The topological polar surface area (TPSA) is 40.7 Å².